The van der Waals surface area contributed by atoms with Gasteiger partial charge in [-0.15, -0.1) is 11.3 Å². The molecule has 70 valence electrons. The van der Waals surface area contributed by atoms with E-state index in [1.807, 2.05) is 6.92 Å². The smallest absolute Gasteiger partial charge is 0.183 e. The molecule has 3 fully saturated rings. The van der Waals surface area contributed by atoms with Gasteiger partial charge in [0.1, 0.15) is 0 Å². The minimum Gasteiger partial charge on any atom is -0.357 e. The van der Waals surface area contributed by atoms with E-state index < -0.39 is 0 Å². The molecule has 2 aliphatic heterocycles. The zero-order chi connectivity index (χ0) is 8.84. The summed E-state index contributed by atoms with van der Waals surface area (Å²) in [5.41, 5.74) is 1.12. The lowest BCUT2D eigenvalue weighted by Crippen LogP contribution is -2.47. The number of rotatable bonds is 2. The fourth-order valence-corrected chi connectivity index (χ4v) is 2.99. The number of nitrogens with zero attached hydrogens (tertiary/aromatic N) is 1. The molecule has 1 saturated carbocycles. The van der Waals surface area contributed by atoms with Gasteiger partial charge < -0.3 is 10.6 Å². The second kappa shape index (κ2) is 2.69. The topological polar surface area (TPSA) is 37.0 Å². The zero-order valence-corrected chi connectivity index (χ0v) is 8.40. The molecule has 0 aromatic carbocycles. The summed E-state index contributed by atoms with van der Waals surface area (Å²) in [5, 5.41) is 10.2. The van der Waals surface area contributed by atoms with E-state index in [9.17, 15) is 0 Å². The number of fused-ring (bicyclic) bond motifs is 1. The molecule has 3 heterocycles. The van der Waals surface area contributed by atoms with E-state index in [2.05, 4.69) is 21.0 Å². The van der Waals surface area contributed by atoms with Crippen molar-refractivity contribution in [3.8, 4) is 0 Å². The lowest BCUT2D eigenvalue weighted by Gasteiger charge is -2.34. The van der Waals surface area contributed by atoms with Crippen molar-refractivity contribution in [2.75, 3.05) is 11.9 Å². The van der Waals surface area contributed by atoms with Gasteiger partial charge >= 0.3 is 0 Å². The van der Waals surface area contributed by atoms with Gasteiger partial charge in [-0.2, -0.15) is 0 Å². The molecule has 2 bridgehead atoms. The maximum absolute atomic E-state index is 4.41. The van der Waals surface area contributed by atoms with Crippen LogP contribution in [0.2, 0.25) is 0 Å². The highest BCUT2D eigenvalue weighted by molar-refractivity contribution is 7.13. The number of thiazole rings is 1. The molecule has 0 spiro atoms. The standard InChI is InChI=1S/C9H13N3S/c1-5-4-13-9(11-5)12-8-6-2-7(8)10-3-6/h4,6-8,10H,2-3H2,1H3,(H,11,12). The average molecular weight is 195 g/mol. The van der Waals surface area contributed by atoms with Gasteiger partial charge in [-0.25, -0.2) is 4.98 Å². The Bertz CT molecular complexity index is 308. The normalized spacial score (nSPS) is 35.9. The lowest BCUT2D eigenvalue weighted by atomic mass is 9.80. The van der Waals surface area contributed by atoms with E-state index in [4.69, 9.17) is 0 Å². The molecular formula is C9H13N3S. The van der Waals surface area contributed by atoms with Crippen LogP contribution in [-0.4, -0.2) is 23.6 Å². The molecule has 1 aromatic rings. The predicted octanol–water partition coefficient (Wildman–Crippen LogP) is 1.22. The van der Waals surface area contributed by atoms with Crippen LogP contribution in [0.5, 0.6) is 0 Å². The number of nitrogens with one attached hydrogen (secondary N) is 2. The molecule has 2 N–H and O–H groups in total. The van der Waals surface area contributed by atoms with Gasteiger partial charge in [0.15, 0.2) is 5.13 Å². The third kappa shape index (κ3) is 1.16. The largest absolute Gasteiger partial charge is 0.357 e. The Kier molecular flexibility index (Phi) is 1.60. The Balaban J connectivity index is 1.70. The van der Waals surface area contributed by atoms with Crippen molar-refractivity contribution in [3.63, 3.8) is 0 Å². The molecule has 3 aliphatic rings. The minimum atomic E-state index is 0.644. The van der Waals surface area contributed by atoms with Crippen molar-refractivity contribution < 1.29 is 0 Å². The molecule has 1 aromatic heterocycles. The van der Waals surface area contributed by atoms with Gasteiger partial charge in [0.2, 0.25) is 0 Å². The van der Waals surface area contributed by atoms with Crippen LogP contribution in [0.4, 0.5) is 5.13 Å². The highest BCUT2D eigenvalue weighted by atomic mass is 32.1. The monoisotopic (exact) mass is 195 g/mol. The highest BCUT2D eigenvalue weighted by Crippen LogP contribution is 2.36. The molecule has 3 nitrogen and oxygen atoms in total. The third-order valence-corrected chi connectivity index (χ3v) is 3.94. The van der Waals surface area contributed by atoms with Crippen molar-refractivity contribution in [3.05, 3.63) is 11.1 Å². The number of anilines is 1. The number of hydrogen-bond donors (Lipinski definition) is 2. The summed E-state index contributed by atoms with van der Waals surface area (Å²) >= 11 is 1.71. The molecule has 3 unspecified atom stereocenters. The summed E-state index contributed by atoms with van der Waals surface area (Å²) in [6.07, 6.45) is 1.35. The van der Waals surface area contributed by atoms with Gasteiger partial charge in [0.05, 0.1) is 5.69 Å². The summed E-state index contributed by atoms with van der Waals surface area (Å²) in [6.45, 7) is 3.22. The third-order valence-electron chi connectivity index (χ3n) is 3.05. The molecular weight excluding hydrogens is 182 g/mol. The van der Waals surface area contributed by atoms with Gasteiger partial charge in [0.25, 0.3) is 0 Å². The van der Waals surface area contributed by atoms with Gasteiger partial charge in [0, 0.05) is 24.0 Å². The van der Waals surface area contributed by atoms with Crippen LogP contribution >= 0.6 is 11.3 Å². The maximum Gasteiger partial charge on any atom is 0.183 e. The molecule has 4 rings (SSSR count). The first kappa shape index (κ1) is 7.76. The Morgan fingerprint density at radius 3 is 3.15 bits per heavy atom. The van der Waals surface area contributed by atoms with E-state index >= 15 is 0 Å². The molecule has 13 heavy (non-hydrogen) atoms. The van der Waals surface area contributed by atoms with Crippen LogP contribution in [0.15, 0.2) is 5.38 Å². The van der Waals surface area contributed by atoms with Gasteiger partial charge in [-0.05, 0) is 19.3 Å². The minimum absolute atomic E-state index is 0.644. The van der Waals surface area contributed by atoms with Crippen molar-refractivity contribution in [1.82, 2.24) is 10.3 Å². The van der Waals surface area contributed by atoms with Crippen LogP contribution in [0.3, 0.4) is 0 Å². The molecule has 0 radical (unpaired) electrons. The van der Waals surface area contributed by atoms with Crippen molar-refractivity contribution in [2.45, 2.75) is 25.4 Å². The fraction of sp³-hybridized carbons (Fsp3) is 0.667. The van der Waals surface area contributed by atoms with Crippen LogP contribution in [0, 0.1) is 12.8 Å². The molecule has 3 atom stereocenters. The first-order valence-electron chi connectivity index (χ1n) is 4.75. The number of aromatic nitrogens is 1. The highest BCUT2D eigenvalue weighted by Gasteiger charge is 2.46. The van der Waals surface area contributed by atoms with Crippen LogP contribution in [0.25, 0.3) is 0 Å². The Morgan fingerprint density at radius 2 is 2.62 bits per heavy atom. The van der Waals surface area contributed by atoms with Crippen molar-refractivity contribution in [2.24, 2.45) is 5.92 Å². The molecule has 0 amide bonds. The summed E-state index contributed by atoms with van der Waals surface area (Å²) in [7, 11) is 0. The quantitative estimate of drug-likeness (QED) is 0.745. The number of hydrogen-bond acceptors (Lipinski definition) is 4. The average Bonchev–Trinajstić information content (AvgIpc) is 2.73. The maximum atomic E-state index is 4.41. The molecule has 4 heteroatoms. The van der Waals surface area contributed by atoms with Crippen LogP contribution in [-0.2, 0) is 0 Å². The number of aryl methyl sites for hydroxylation is 1. The summed E-state index contributed by atoms with van der Waals surface area (Å²) in [6, 6.07) is 1.35. The Labute approximate surface area is 81.6 Å². The van der Waals surface area contributed by atoms with Gasteiger partial charge in [-0.1, -0.05) is 0 Å². The molecule has 2 saturated heterocycles. The summed E-state index contributed by atoms with van der Waals surface area (Å²) in [5.74, 6) is 0.842. The van der Waals surface area contributed by atoms with Crippen molar-refractivity contribution >= 4 is 16.5 Å². The predicted molar refractivity (Wildman–Crippen MR) is 54.2 cm³/mol. The second-order valence-electron chi connectivity index (χ2n) is 3.97. The summed E-state index contributed by atoms with van der Waals surface area (Å²) < 4.78 is 0. The second-order valence-corrected chi connectivity index (χ2v) is 4.83. The molecule has 1 aliphatic carbocycles. The van der Waals surface area contributed by atoms with E-state index in [1.54, 1.807) is 11.3 Å². The Hall–Kier alpha value is -0.610. The SMILES string of the molecule is Cc1csc(NC2C3CNC2C3)n1. The van der Waals surface area contributed by atoms with E-state index in [0.29, 0.717) is 12.1 Å². The van der Waals surface area contributed by atoms with E-state index in [-0.39, 0.29) is 0 Å². The fourth-order valence-electron chi connectivity index (χ4n) is 2.26. The summed E-state index contributed by atoms with van der Waals surface area (Å²) in [4.78, 5) is 4.41. The lowest BCUT2D eigenvalue weighted by molar-refractivity contribution is 0.327. The van der Waals surface area contributed by atoms with E-state index in [1.165, 1.54) is 13.0 Å². The first-order valence-corrected chi connectivity index (χ1v) is 5.63. The van der Waals surface area contributed by atoms with E-state index in [0.717, 1.165) is 16.7 Å². The van der Waals surface area contributed by atoms with Crippen molar-refractivity contribution in [1.29, 1.82) is 0 Å². The van der Waals surface area contributed by atoms with Crippen LogP contribution in [0.1, 0.15) is 12.1 Å². The van der Waals surface area contributed by atoms with Crippen LogP contribution < -0.4 is 10.6 Å². The first-order chi connectivity index (χ1) is 6.33. The van der Waals surface area contributed by atoms with Gasteiger partial charge in [-0.3, -0.25) is 0 Å². The zero-order valence-electron chi connectivity index (χ0n) is 7.58. The Morgan fingerprint density at radius 1 is 1.69 bits per heavy atom.